The van der Waals surface area contributed by atoms with Crippen LogP contribution in [0.5, 0.6) is 0 Å². The van der Waals surface area contributed by atoms with Crippen LogP contribution in [0.25, 0.3) is 10.9 Å². The third-order valence-corrected chi connectivity index (χ3v) is 4.46. The molecule has 34 heavy (non-hydrogen) atoms. The molecule has 0 bridgehead atoms. The summed E-state index contributed by atoms with van der Waals surface area (Å²) in [5, 5.41) is 34.3. The van der Waals surface area contributed by atoms with Gasteiger partial charge >= 0.3 is 23.9 Å². The number of nitrogens with two attached hydrogens (primary N) is 3. The van der Waals surface area contributed by atoms with Gasteiger partial charge in [-0.1, -0.05) is 32.0 Å². The van der Waals surface area contributed by atoms with E-state index in [-0.39, 0.29) is 12.8 Å². The first-order valence-corrected chi connectivity index (χ1v) is 10.5. The Balaban J connectivity index is 0.000000507. The van der Waals surface area contributed by atoms with Crippen LogP contribution in [0.3, 0.4) is 0 Å². The summed E-state index contributed by atoms with van der Waals surface area (Å²) in [6.45, 7) is 3.89. The average molecular weight is 483 g/mol. The van der Waals surface area contributed by atoms with Crippen molar-refractivity contribution in [3.8, 4) is 0 Å². The molecule has 2 aromatic rings. The van der Waals surface area contributed by atoms with E-state index in [9.17, 15) is 19.2 Å². The van der Waals surface area contributed by atoms with Gasteiger partial charge in [0.15, 0.2) is 0 Å². The molecule has 190 valence electrons. The van der Waals surface area contributed by atoms with E-state index in [2.05, 4.69) is 4.98 Å². The van der Waals surface area contributed by atoms with E-state index in [0.29, 0.717) is 18.8 Å². The number of carboxylic acid groups (broad SMARTS) is 4. The lowest BCUT2D eigenvalue weighted by molar-refractivity contribution is -0.141. The second-order valence-corrected chi connectivity index (χ2v) is 7.96. The van der Waals surface area contributed by atoms with E-state index in [1.165, 1.54) is 0 Å². The fraction of sp³-hybridized carbons (Fsp3) is 0.455. The van der Waals surface area contributed by atoms with Gasteiger partial charge in [0.05, 0.1) is 0 Å². The standard InChI is InChI=1S/C11H12N2O2.C6H13NO2.C5H9NO4/c12-9(11(14)15)5-7-6-13-10-4-2-1-3-8(7)10;1-4(2)3-5(7)6(8)9;6-3(5(9)10)1-2-4(7)8/h1-4,6,9,13H,5,12H2,(H,14,15);4-5H,3,7H2,1-2H3,(H,8,9);3H,1-2,6H2,(H,7,8)(H,9,10). The van der Waals surface area contributed by atoms with Crippen LogP contribution >= 0.6 is 0 Å². The van der Waals surface area contributed by atoms with Crippen LogP contribution in [0.2, 0.25) is 0 Å². The third kappa shape index (κ3) is 12.5. The maximum atomic E-state index is 10.6. The number of aliphatic carboxylic acids is 4. The number of nitrogens with one attached hydrogen (secondary N) is 1. The number of hydrogen-bond donors (Lipinski definition) is 8. The highest BCUT2D eigenvalue weighted by molar-refractivity contribution is 5.84. The molecular formula is C22H34N4O8. The van der Waals surface area contributed by atoms with E-state index >= 15 is 0 Å². The van der Waals surface area contributed by atoms with E-state index < -0.39 is 42.0 Å². The van der Waals surface area contributed by atoms with E-state index in [0.717, 1.165) is 16.5 Å². The van der Waals surface area contributed by atoms with Crippen LogP contribution in [-0.2, 0) is 25.6 Å². The number of para-hydroxylation sites is 1. The Kier molecular flexibility index (Phi) is 13.8. The van der Waals surface area contributed by atoms with Crippen molar-refractivity contribution in [2.75, 3.05) is 0 Å². The molecule has 12 heteroatoms. The molecule has 0 radical (unpaired) electrons. The van der Waals surface area contributed by atoms with Gasteiger partial charge in [0.1, 0.15) is 18.1 Å². The van der Waals surface area contributed by atoms with Crippen molar-refractivity contribution in [2.24, 2.45) is 23.1 Å². The van der Waals surface area contributed by atoms with Crippen molar-refractivity contribution in [2.45, 2.75) is 57.7 Å². The van der Waals surface area contributed by atoms with Crippen LogP contribution < -0.4 is 17.2 Å². The molecule has 0 saturated heterocycles. The molecule has 12 nitrogen and oxygen atoms in total. The molecule has 3 unspecified atom stereocenters. The summed E-state index contributed by atoms with van der Waals surface area (Å²) >= 11 is 0. The predicted molar refractivity (Wildman–Crippen MR) is 125 cm³/mol. The van der Waals surface area contributed by atoms with Gasteiger partial charge in [0, 0.05) is 29.9 Å². The lowest BCUT2D eigenvalue weighted by atomic mass is 10.1. The van der Waals surface area contributed by atoms with Crippen molar-refractivity contribution >= 4 is 34.8 Å². The maximum absolute atomic E-state index is 10.6. The highest BCUT2D eigenvalue weighted by Crippen LogP contribution is 2.18. The van der Waals surface area contributed by atoms with Gasteiger partial charge in [-0.05, 0) is 30.4 Å². The molecule has 0 aliphatic carbocycles. The summed E-state index contributed by atoms with van der Waals surface area (Å²) < 4.78 is 0. The normalized spacial score (nSPS) is 13.0. The minimum atomic E-state index is -1.17. The zero-order chi connectivity index (χ0) is 26.4. The summed E-state index contributed by atoms with van der Waals surface area (Å²) in [4.78, 5) is 43.7. The Morgan fingerprint density at radius 3 is 1.82 bits per heavy atom. The predicted octanol–water partition coefficient (Wildman–Crippen LogP) is 0.830. The van der Waals surface area contributed by atoms with Gasteiger partial charge in [0.25, 0.3) is 0 Å². The number of hydrogen-bond acceptors (Lipinski definition) is 7. The summed E-state index contributed by atoms with van der Waals surface area (Å²) in [6.07, 6.45) is 2.49. The molecule has 1 aromatic carbocycles. The molecular weight excluding hydrogens is 448 g/mol. The Bertz CT molecular complexity index is 944. The smallest absolute Gasteiger partial charge is 0.320 e. The Hall–Kier alpha value is -3.48. The number of carboxylic acids is 4. The van der Waals surface area contributed by atoms with Gasteiger partial charge < -0.3 is 42.6 Å². The quantitative estimate of drug-likeness (QED) is 0.235. The summed E-state index contributed by atoms with van der Waals surface area (Å²) in [5.74, 6) is -3.72. The summed E-state index contributed by atoms with van der Waals surface area (Å²) in [6, 6.07) is 5.16. The Morgan fingerprint density at radius 1 is 0.853 bits per heavy atom. The van der Waals surface area contributed by atoms with E-state index in [1.807, 2.05) is 44.3 Å². The molecule has 1 heterocycles. The molecule has 0 aliphatic heterocycles. The summed E-state index contributed by atoms with van der Waals surface area (Å²) in [7, 11) is 0. The van der Waals surface area contributed by atoms with Crippen LogP contribution in [-0.4, -0.2) is 67.4 Å². The summed E-state index contributed by atoms with van der Waals surface area (Å²) in [5.41, 5.74) is 17.7. The number of H-pyrrole nitrogens is 1. The first kappa shape index (κ1) is 30.5. The first-order valence-electron chi connectivity index (χ1n) is 10.5. The monoisotopic (exact) mass is 482 g/mol. The SMILES string of the molecule is CC(C)CC(N)C(=O)O.NC(CCC(=O)O)C(=O)O.NC(Cc1c[nH]c2ccccc12)C(=O)O. The largest absolute Gasteiger partial charge is 0.481 e. The number of aromatic amines is 1. The number of fused-ring (bicyclic) bond motifs is 1. The second-order valence-electron chi connectivity index (χ2n) is 7.96. The van der Waals surface area contributed by atoms with E-state index in [4.69, 9.17) is 37.6 Å². The fourth-order valence-corrected chi connectivity index (χ4v) is 2.64. The van der Waals surface area contributed by atoms with Gasteiger partial charge in [0.2, 0.25) is 0 Å². The van der Waals surface area contributed by atoms with Crippen LogP contribution in [0, 0.1) is 5.92 Å². The second kappa shape index (κ2) is 15.4. The molecule has 11 N–H and O–H groups in total. The Morgan fingerprint density at radius 2 is 1.38 bits per heavy atom. The third-order valence-electron chi connectivity index (χ3n) is 4.46. The van der Waals surface area contributed by atoms with Crippen molar-refractivity contribution in [3.63, 3.8) is 0 Å². The van der Waals surface area contributed by atoms with Crippen molar-refractivity contribution < 1.29 is 39.6 Å². The van der Waals surface area contributed by atoms with Crippen LogP contribution in [0.15, 0.2) is 30.5 Å². The molecule has 0 aliphatic rings. The number of rotatable bonds is 10. The molecule has 3 atom stereocenters. The average Bonchev–Trinajstić information content (AvgIpc) is 3.15. The minimum Gasteiger partial charge on any atom is -0.481 e. The fourth-order valence-electron chi connectivity index (χ4n) is 2.64. The molecule has 0 spiro atoms. The molecule has 1 aromatic heterocycles. The van der Waals surface area contributed by atoms with Gasteiger partial charge in [-0.3, -0.25) is 19.2 Å². The van der Waals surface area contributed by atoms with Gasteiger partial charge in [-0.2, -0.15) is 0 Å². The number of carbonyl (C=O) groups is 4. The maximum Gasteiger partial charge on any atom is 0.320 e. The van der Waals surface area contributed by atoms with Crippen LogP contribution in [0.4, 0.5) is 0 Å². The lowest BCUT2D eigenvalue weighted by Crippen LogP contribution is -2.32. The lowest BCUT2D eigenvalue weighted by Gasteiger charge is -2.07. The van der Waals surface area contributed by atoms with Crippen molar-refractivity contribution in [1.82, 2.24) is 4.98 Å². The zero-order valence-corrected chi connectivity index (χ0v) is 19.2. The van der Waals surface area contributed by atoms with E-state index in [1.54, 1.807) is 0 Å². The first-order chi connectivity index (χ1) is 15.8. The zero-order valence-electron chi connectivity index (χ0n) is 19.2. The van der Waals surface area contributed by atoms with Gasteiger partial charge in [-0.25, -0.2) is 0 Å². The van der Waals surface area contributed by atoms with Gasteiger partial charge in [-0.15, -0.1) is 0 Å². The highest BCUT2D eigenvalue weighted by atomic mass is 16.4. The number of benzene rings is 1. The molecule has 0 fully saturated rings. The minimum absolute atomic E-state index is 0.0231. The van der Waals surface area contributed by atoms with Crippen molar-refractivity contribution in [3.05, 3.63) is 36.0 Å². The highest BCUT2D eigenvalue weighted by Gasteiger charge is 2.14. The van der Waals surface area contributed by atoms with Crippen molar-refractivity contribution in [1.29, 1.82) is 0 Å². The molecule has 0 amide bonds. The van der Waals surface area contributed by atoms with Crippen LogP contribution in [0.1, 0.15) is 38.7 Å². The molecule has 0 saturated carbocycles. The molecule has 2 rings (SSSR count). The topological polar surface area (TPSA) is 243 Å². The Labute approximate surface area is 196 Å². The number of aromatic nitrogens is 1.